The summed E-state index contributed by atoms with van der Waals surface area (Å²) in [6.45, 7) is 4.20. The van der Waals surface area contributed by atoms with E-state index >= 15 is 0 Å². The molecule has 11 nitrogen and oxygen atoms in total. The molecule has 0 spiro atoms. The number of morpholine rings is 1. The largest absolute Gasteiger partial charge is 0.494 e. The van der Waals surface area contributed by atoms with Crippen molar-refractivity contribution in [1.82, 2.24) is 19.4 Å². The van der Waals surface area contributed by atoms with Gasteiger partial charge in [-0.05, 0) is 46.1 Å². The van der Waals surface area contributed by atoms with Crippen molar-refractivity contribution in [2.45, 2.75) is 6.54 Å². The van der Waals surface area contributed by atoms with Crippen molar-refractivity contribution in [3.8, 4) is 5.88 Å². The van der Waals surface area contributed by atoms with Gasteiger partial charge in [-0.2, -0.15) is 0 Å². The smallest absolute Gasteiger partial charge is 0.262 e. The van der Waals surface area contributed by atoms with Crippen LogP contribution in [0.25, 0.3) is 11.9 Å². The van der Waals surface area contributed by atoms with Crippen LogP contribution < -0.4 is 16.1 Å². The molecular weight excluding hydrogens is 456 g/mol. The molecule has 12 heteroatoms. The fraction of sp³-hybridized carbons (Fsp3) is 0.273. The molecule has 1 aromatic carbocycles. The van der Waals surface area contributed by atoms with Crippen LogP contribution >= 0.6 is 12.2 Å². The minimum atomic E-state index is -0.442. The molecule has 5 rings (SSSR count). The molecule has 0 saturated carbocycles. The van der Waals surface area contributed by atoms with Gasteiger partial charge in [-0.25, -0.2) is 0 Å². The quantitative estimate of drug-likeness (QED) is 0.486. The predicted molar refractivity (Wildman–Crippen MR) is 126 cm³/mol. The van der Waals surface area contributed by atoms with Gasteiger partial charge in [0.15, 0.2) is 4.77 Å². The number of benzene rings is 1. The number of ether oxygens (including phenoxy) is 1. The fourth-order valence-corrected chi connectivity index (χ4v) is 4.13. The number of H-pyrrole nitrogens is 2. The molecule has 0 aliphatic carbocycles. The van der Waals surface area contributed by atoms with Gasteiger partial charge in [0.1, 0.15) is 5.56 Å². The number of nitrogens with zero attached hydrogens (tertiary/aromatic N) is 6. The minimum Gasteiger partial charge on any atom is -0.494 e. The van der Waals surface area contributed by atoms with Gasteiger partial charge < -0.3 is 14.8 Å². The lowest BCUT2D eigenvalue weighted by atomic mass is 10.2. The molecule has 0 radical (unpaired) electrons. The molecule has 2 aliphatic heterocycles. The first-order valence-electron chi connectivity index (χ1n) is 10.8. The molecular formula is C22H22N8O3S. The molecule has 3 N–H and O–H groups in total. The zero-order chi connectivity index (χ0) is 23.5. The summed E-state index contributed by atoms with van der Waals surface area (Å²) < 4.78 is 7.12. The third-order valence-electron chi connectivity index (χ3n) is 5.73. The Morgan fingerprint density at radius 2 is 1.71 bits per heavy atom. The molecule has 0 atom stereocenters. The zero-order valence-corrected chi connectivity index (χ0v) is 19.0. The predicted octanol–water partition coefficient (Wildman–Crippen LogP) is 1.29. The van der Waals surface area contributed by atoms with E-state index in [1.807, 2.05) is 36.4 Å². The second kappa shape index (κ2) is 9.63. The average molecular weight is 479 g/mol. The van der Waals surface area contributed by atoms with Crippen LogP contribution in [-0.2, 0) is 11.3 Å². The van der Waals surface area contributed by atoms with E-state index in [2.05, 4.69) is 35.5 Å². The molecule has 0 amide bonds. The first kappa shape index (κ1) is 22.1. The van der Waals surface area contributed by atoms with Crippen LogP contribution in [0.1, 0.15) is 5.56 Å². The summed E-state index contributed by atoms with van der Waals surface area (Å²) in [5.41, 5.74) is -0.296. The Kier molecular flexibility index (Phi) is 6.25. The first-order valence-corrected chi connectivity index (χ1v) is 11.2. The van der Waals surface area contributed by atoms with Crippen LogP contribution in [-0.4, -0.2) is 57.4 Å². The Labute approximate surface area is 197 Å². The summed E-state index contributed by atoms with van der Waals surface area (Å²) in [6.07, 6.45) is 1.61. The Morgan fingerprint density at radius 1 is 1.00 bits per heavy atom. The second-order valence-corrected chi connectivity index (χ2v) is 8.24. The van der Waals surface area contributed by atoms with Crippen molar-refractivity contribution < 1.29 is 9.84 Å². The Bertz CT molecular complexity index is 1580. The maximum Gasteiger partial charge on any atom is 0.262 e. The lowest BCUT2D eigenvalue weighted by molar-refractivity contribution is 0.0360. The molecule has 4 heterocycles. The van der Waals surface area contributed by atoms with Crippen molar-refractivity contribution in [2.75, 3.05) is 32.8 Å². The van der Waals surface area contributed by atoms with E-state index in [1.165, 1.54) is 0 Å². The molecule has 0 unspecified atom stereocenters. The summed E-state index contributed by atoms with van der Waals surface area (Å²) >= 11 is 5.29. The molecule has 3 aromatic rings. The van der Waals surface area contributed by atoms with Crippen molar-refractivity contribution in [3.05, 3.63) is 78.2 Å². The molecule has 34 heavy (non-hydrogen) atoms. The van der Waals surface area contributed by atoms with E-state index in [1.54, 1.807) is 10.6 Å². The zero-order valence-electron chi connectivity index (χ0n) is 18.1. The van der Waals surface area contributed by atoms with Crippen LogP contribution in [0.2, 0.25) is 0 Å². The Morgan fingerprint density at radius 3 is 2.44 bits per heavy atom. The van der Waals surface area contributed by atoms with Gasteiger partial charge in [0.25, 0.3) is 5.56 Å². The SMILES string of the molecule is O=c1[nH]c(=S)n(CCN2CCOCC2)c(O)c1/C=c1\ccc(=c2ccc(=C3N=NN=N3)cc2)[nH]1. The topological polar surface area (TPSA) is 136 Å². The maximum atomic E-state index is 12.6. The standard InChI is InChI=1S/C22H22N8O3S/c31-20-17(21(32)30(22(34)24-20)8-7-29-9-11-33-12-10-29)13-16-5-6-18(23-16)14-1-3-15(4-2-14)19-25-27-28-26-19/h1-6,13,23,32H,7-12H2,(H,24,31,34)/b16-13+. The minimum absolute atomic E-state index is 0.146. The van der Waals surface area contributed by atoms with Crippen molar-refractivity contribution in [3.63, 3.8) is 0 Å². The summed E-state index contributed by atoms with van der Waals surface area (Å²) in [6, 6.07) is 11.4. The van der Waals surface area contributed by atoms with Gasteiger partial charge in [-0.15, -0.1) is 10.2 Å². The molecule has 2 aliphatic rings. The molecule has 1 fully saturated rings. The van der Waals surface area contributed by atoms with E-state index in [0.29, 0.717) is 37.5 Å². The normalized spacial score (nSPS) is 16.6. The van der Waals surface area contributed by atoms with Gasteiger partial charge in [-0.1, -0.05) is 24.3 Å². The monoisotopic (exact) mass is 478 g/mol. The lowest BCUT2D eigenvalue weighted by Gasteiger charge is -2.27. The number of nitrogens with one attached hydrogen (secondary N) is 2. The van der Waals surface area contributed by atoms with Crippen molar-refractivity contribution >= 4 is 24.1 Å². The third kappa shape index (κ3) is 4.64. The van der Waals surface area contributed by atoms with Crippen LogP contribution in [0.5, 0.6) is 5.88 Å². The number of hydrogen-bond donors (Lipinski definition) is 3. The molecule has 0 bridgehead atoms. The van der Waals surface area contributed by atoms with Gasteiger partial charge in [0.2, 0.25) is 11.7 Å². The highest BCUT2D eigenvalue weighted by atomic mass is 32.1. The summed E-state index contributed by atoms with van der Waals surface area (Å²) in [5, 5.41) is 28.8. The Hall–Kier alpha value is -3.74. The Balaban J connectivity index is 1.48. The van der Waals surface area contributed by atoms with E-state index in [-0.39, 0.29) is 16.2 Å². The average Bonchev–Trinajstić information content (AvgIpc) is 3.55. The van der Waals surface area contributed by atoms with Gasteiger partial charge in [-0.3, -0.25) is 19.2 Å². The van der Waals surface area contributed by atoms with E-state index in [0.717, 1.165) is 28.9 Å². The third-order valence-corrected chi connectivity index (χ3v) is 6.05. The second-order valence-electron chi connectivity index (χ2n) is 7.85. The number of aromatic hydroxyl groups is 1. The lowest BCUT2D eigenvalue weighted by Crippen LogP contribution is -2.38. The summed E-state index contributed by atoms with van der Waals surface area (Å²) in [4.78, 5) is 20.7. The van der Waals surface area contributed by atoms with E-state index < -0.39 is 5.56 Å². The van der Waals surface area contributed by atoms with Crippen molar-refractivity contribution in [2.24, 2.45) is 20.7 Å². The fourth-order valence-electron chi connectivity index (χ4n) is 3.86. The van der Waals surface area contributed by atoms with Crippen LogP contribution in [0, 0.1) is 15.3 Å². The highest BCUT2D eigenvalue weighted by molar-refractivity contribution is 7.71. The number of rotatable bonds is 4. The number of aromatic nitrogens is 3. The molecule has 174 valence electrons. The molecule has 2 aromatic heterocycles. The molecule has 1 saturated heterocycles. The highest BCUT2D eigenvalue weighted by Gasteiger charge is 2.14. The first-order chi connectivity index (χ1) is 16.6. The van der Waals surface area contributed by atoms with Crippen LogP contribution in [0.15, 0.2) is 61.9 Å². The van der Waals surface area contributed by atoms with Crippen LogP contribution in [0.4, 0.5) is 0 Å². The van der Waals surface area contributed by atoms with E-state index in [9.17, 15) is 9.90 Å². The summed E-state index contributed by atoms with van der Waals surface area (Å²) in [5.74, 6) is 0.313. The van der Waals surface area contributed by atoms with Gasteiger partial charge in [0.05, 0.1) is 13.2 Å². The highest BCUT2D eigenvalue weighted by Crippen LogP contribution is 2.14. The maximum absolute atomic E-state index is 12.6. The van der Waals surface area contributed by atoms with Crippen LogP contribution in [0.3, 0.4) is 0 Å². The van der Waals surface area contributed by atoms with Gasteiger partial charge >= 0.3 is 0 Å². The summed E-state index contributed by atoms with van der Waals surface area (Å²) in [7, 11) is 0. The van der Waals surface area contributed by atoms with E-state index in [4.69, 9.17) is 17.0 Å². The van der Waals surface area contributed by atoms with Crippen molar-refractivity contribution in [1.29, 1.82) is 0 Å². The van der Waals surface area contributed by atoms with Gasteiger partial charge in [0, 0.05) is 42.1 Å². The number of aromatic amines is 2. The number of hydrogen-bond acceptors (Lipinski definition) is 9.